The second kappa shape index (κ2) is 9.76. The van der Waals surface area contributed by atoms with Crippen molar-refractivity contribution in [1.29, 1.82) is 0 Å². The number of carboxylic acids is 1. The minimum absolute atomic E-state index is 0. The Hall–Kier alpha value is -0.240. The Morgan fingerprint density at radius 3 is 2.29 bits per heavy atom. The smallest absolute Gasteiger partial charge is 0.333 e. The first kappa shape index (κ1) is 22.0. The van der Waals surface area contributed by atoms with Gasteiger partial charge >= 0.3 is 5.97 Å². The van der Waals surface area contributed by atoms with Gasteiger partial charge in [0, 0.05) is 6.04 Å². The molecule has 17 heavy (non-hydrogen) atoms. The van der Waals surface area contributed by atoms with Gasteiger partial charge in [0.2, 0.25) is 0 Å². The van der Waals surface area contributed by atoms with Gasteiger partial charge in [-0.25, -0.2) is 14.2 Å². The third-order valence-corrected chi connectivity index (χ3v) is 2.32. The number of rotatable bonds is 6. The molecule has 0 bridgehead atoms. The first-order chi connectivity index (χ1) is 6.90. The lowest BCUT2D eigenvalue weighted by molar-refractivity contribution is -0.143. The van der Waals surface area contributed by atoms with Crippen LogP contribution < -0.4 is 11.5 Å². The van der Waals surface area contributed by atoms with E-state index in [-0.39, 0.29) is 42.8 Å². The van der Waals surface area contributed by atoms with E-state index in [1.165, 1.54) is 6.92 Å². The maximum absolute atomic E-state index is 12.2. The lowest BCUT2D eigenvalue weighted by Crippen LogP contribution is -2.52. The van der Waals surface area contributed by atoms with Gasteiger partial charge in [0.05, 0.1) is 0 Å². The molecule has 0 aliphatic heterocycles. The van der Waals surface area contributed by atoms with Crippen molar-refractivity contribution in [3.63, 3.8) is 0 Å². The molecule has 0 aromatic rings. The van der Waals surface area contributed by atoms with Gasteiger partial charge in [-0.2, -0.15) is 12.6 Å². The summed E-state index contributed by atoms with van der Waals surface area (Å²) in [5, 5.41) is 9.07. The second-order valence-corrected chi connectivity index (χ2v) is 3.68. The van der Waals surface area contributed by atoms with Crippen molar-refractivity contribution >= 4 is 49.2 Å². The topological polar surface area (TPSA) is 102 Å². The highest BCUT2D eigenvalue weighted by molar-refractivity contribution is 7.80. The van der Waals surface area contributed by atoms with Crippen LogP contribution in [0, 0.1) is 0 Å². The zero-order valence-electron chi connectivity index (χ0n) is 9.30. The van der Waals surface area contributed by atoms with Crippen LogP contribution in [0.15, 0.2) is 4.99 Å². The second-order valence-electron chi connectivity index (χ2n) is 3.23. The summed E-state index contributed by atoms with van der Waals surface area (Å²) in [6, 6.07) is -0.771. The summed E-state index contributed by atoms with van der Waals surface area (Å²) in [7, 11) is 0. The van der Waals surface area contributed by atoms with Gasteiger partial charge in [-0.15, -0.1) is 24.8 Å². The number of thiol groups is 1. The van der Waals surface area contributed by atoms with E-state index in [4.69, 9.17) is 16.6 Å². The molecule has 2 atom stereocenters. The summed E-state index contributed by atoms with van der Waals surface area (Å²) in [4.78, 5) is 14.8. The lowest BCUT2D eigenvalue weighted by atomic mass is 9.89. The quantitative estimate of drug-likeness (QED) is 0.328. The molecule has 0 rings (SSSR count). The number of aliphatic carboxylic acids is 1. The molecule has 0 saturated heterocycles. The molecule has 0 aromatic heterocycles. The Labute approximate surface area is 117 Å². The molecule has 0 aromatic carbocycles. The number of nitrogens with two attached hydrogens (primary N) is 2. The molecule has 0 aliphatic rings. The highest BCUT2D eigenvalue weighted by atomic mass is 35.5. The number of nitrogens with zero attached hydrogens (tertiary/aromatic N) is 1. The van der Waals surface area contributed by atoms with E-state index in [1.54, 1.807) is 0 Å². The van der Waals surface area contributed by atoms with Gasteiger partial charge in [-0.3, -0.25) is 0 Å². The third kappa shape index (κ3) is 5.76. The van der Waals surface area contributed by atoms with E-state index in [1.807, 2.05) is 0 Å². The van der Waals surface area contributed by atoms with Crippen LogP contribution in [0.2, 0.25) is 0 Å². The van der Waals surface area contributed by atoms with Crippen LogP contribution in [0.25, 0.3) is 0 Å². The van der Waals surface area contributed by atoms with Crippen molar-refractivity contribution in [2.75, 3.05) is 12.4 Å². The molecule has 0 saturated carbocycles. The zero-order valence-corrected chi connectivity index (χ0v) is 11.8. The van der Waals surface area contributed by atoms with Gasteiger partial charge in [-0.1, -0.05) is 0 Å². The molecule has 0 fully saturated rings. The molecule has 9 heteroatoms. The summed E-state index contributed by atoms with van der Waals surface area (Å²) in [6.45, 7) is 0.501. The Balaban J connectivity index is -0.000000980. The van der Waals surface area contributed by atoms with Crippen LogP contribution in [0.1, 0.15) is 13.3 Å². The molecule has 1 unspecified atom stereocenters. The van der Waals surface area contributed by atoms with Gasteiger partial charge in [-0.05, 0) is 19.1 Å². The number of carboxylic acid groups (broad SMARTS) is 1. The first-order valence-electron chi connectivity index (χ1n) is 4.40. The highest BCUT2D eigenvalue weighted by Crippen LogP contribution is 2.21. The van der Waals surface area contributed by atoms with E-state index in [9.17, 15) is 9.18 Å². The van der Waals surface area contributed by atoms with Crippen LogP contribution in [0.3, 0.4) is 0 Å². The fourth-order valence-electron chi connectivity index (χ4n) is 1.19. The van der Waals surface area contributed by atoms with Gasteiger partial charge < -0.3 is 16.6 Å². The number of hydrogen-bond acceptors (Lipinski definition) is 4. The van der Waals surface area contributed by atoms with Crippen molar-refractivity contribution in [2.24, 2.45) is 16.5 Å². The van der Waals surface area contributed by atoms with E-state index < -0.39 is 24.2 Å². The molecule has 5 N–H and O–H groups in total. The minimum Gasteiger partial charge on any atom is -0.479 e. The maximum Gasteiger partial charge on any atom is 0.333 e. The number of carbonyl (C=O) groups is 1. The predicted molar refractivity (Wildman–Crippen MR) is 74.6 cm³/mol. The van der Waals surface area contributed by atoms with Crippen molar-refractivity contribution in [3.05, 3.63) is 0 Å². The van der Waals surface area contributed by atoms with E-state index in [2.05, 4.69) is 17.6 Å². The Kier molecular flexibility index (Phi) is 12.6. The Bertz CT molecular complexity index is 269. The first-order valence-corrected chi connectivity index (χ1v) is 5.04. The average Bonchev–Trinajstić information content (AvgIpc) is 2.15. The van der Waals surface area contributed by atoms with Gasteiger partial charge in [0.15, 0.2) is 5.54 Å². The largest absolute Gasteiger partial charge is 0.479 e. The number of alkyl halides is 1. The molecule has 0 heterocycles. The van der Waals surface area contributed by atoms with E-state index in [0.29, 0.717) is 0 Å². The molecule has 104 valence electrons. The van der Waals surface area contributed by atoms with Crippen LogP contribution in [-0.2, 0) is 4.79 Å². The monoisotopic (exact) mass is 309 g/mol. The predicted octanol–water partition coefficient (Wildman–Crippen LogP) is 0.647. The molecule has 0 radical (unpaired) electrons. The molecular formula is C8H18Cl2FN3O2S. The number of halogens is 3. The fourth-order valence-corrected chi connectivity index (χ4v) is 1.53. The third-order valence-electron chi connectivity index (χ3n) is 2.10. The van der Waals surface area contributed by atoms with Crippen LogP contribution in [0.4, 0.5) is 4.39 Å². The van der Waals surface area contributed by atoms with Crippen LogP contribution >= 0.6 is 37.4 Å². The summed E-state index contributed by atoms with van der Waals surface area (Å²) in [5.74, 6) is -1.31. The SMILES string of the molecule is CC(N)[C@@](CCS)(N=C(N)CF)C(=O)O.Cl.Cl. The zero-order chi connectivity index (χ0) is 12.1. The van der Waals surface area contributed by atoms with Crippen LogP contribution in [0.5, 0.6) is 0 Å². The summed E-state index contributed by atoms with van der Waals surface area (Å²) in [6.07, 6.45) is 0.101. The fraction of sp³-hybridized carbons (Fsp3) is 0.750. The van der Waals surface area contributed by atoms with Crippen molar-refractivity contribution in [2.45, 2.75) is 24.9 Å². The molecule has 5 nitrogen and oxygen atoms in total. The van der Waals surface area contributed by atoms with E-state index in [0.717, 1.165) is 0 Å². The molecule has 0 amide bonds. The van der Waals surface area contributed by atoms with Crippen molar-refractivity contribution < 1.29 is 14.3 Å². The van der Waals surface area contributed by atoms with Crippen LogP contribution in [-0.4, -0.2) is 40.9 Å². The number of hydrogen-bond donors (Lipinski definition) is 4. The normalized spacial score (nSPS) is 16.1. The van der Waals surface area contributed by atoms with Crippen molar-refractivity contribution in [3.8, 4) is 0 Å². The Morgan fingerprint density at radius 2 is 2.06 bits per heavy atom. The number of aliphatic imine (C=N–C) groups is 1. The van der Waals surface area contributed by atoms with Gasteiger partial charge in [0.1, 0.15) is 12.5 Å². The number of amidine groups is 1. The summed E-state index contributed by atoms with van der Waals surface area (Å²) >= 11 is 3.93. The summed E-state index contributed by atoms with van der Waals surface area (Å²) < 4.78 is 12.2. The van der Waals surface area contributed by atoms with E-state index >= 15 is 0 Å². The molecular weight excluding hydrogens is 292 g/mol. The highest BCUT2D eigenvalue weighted by Gasteiger charge is 2.41. The Morgan fingerprint density at radius 1 is 1.59 bits per heavy atom. The standard InChI is InChI=1S/C8H16FN3O2S.2ClH/c1-5(10)8(2-3-15,7(13)14)12-6(11)4-9;;/h5,15H,2-4,10H2,1H3,(H2,11,12)(H,13,14);2*1H/t5?,8-;;/m1../s1. The van der Waals surface area contributed by atoms with Crippen molar-refractivity contribution in [1.82, 2.24) is 0 Å². The lowest BCUT2D eigenvalue weighted by Gasteiger charge is -2.28. The molecule has 0 aliphatic carbocycles. The summed E-state index contributed by atoms with van der Waals surface area (Å²) in [5.41, 5.74) is 9.17. The molecule has 0 spiro atoms. The minimum atomic E-state index is -1.59. The maximum atomic E-state index is 12.2. The average molecular weight is 310 g/mol. The van der Waals surface area contributed by atoms with Gasteiger partial charge in [0.25, 0.3) is 0 Å².